The number of rotatable bonds is 1. The summed E-state index contributed by atoms with van der Waals surface area (Å²) in [5, 5.41) is 4.95. The van der Waals surface area contributed by atoms with Gasteiger partial charge in [-0.3, -0.25) is 10.1 Å². The zero-order chi connectivity index (χ0) is 9.47. The van der Waals surface area contributed by atoms with E-state index < -0.39 is 5.54 Å². The lowest BCUT2D eigenvalue weighted by Gasteiger charge is -2.19. The number of nitrogens with two attached hydrogens (primary N) is 1. The molecule has 0 aromatic heterocycles. The Hall–Kier alpha value is -1.10. The molecule has 2 fully saturated rings. The van der Waals surface area contributed by atoms with Gasteiger partial charge in [-0.1, -0.05) is 0 Å². The Morgan fingerprint density at radius 2 is 2.31 bits per heavy atom. The van der Waals surface area contributed by atoms with Crippen LogP contribution in [0, 0.1) is 5.92 Å². The minimum atomic E-state index is -0.638. The van der Waals surface area contributed by atoms with Crippen molar-refractivity contribution < 1.29 is 9.59 Å². The van der Waals surface area contributed by atoms with Gasteiger partial charge in [-0.25, -0.2) is 4.79 Å². The largest absolute Gasteiger partial charge is 0.330 e. The number of carbonyl (C=O) groups is 2. The van der Waals surface area contributed by atoms with Crippen molar-refractivity contribution in [2.45, 2.75) is 24.8 Å². The average Bonchev–Trinajstić information content (AvgIpc) is 2.59. The van der Waals surface area contributed by atoms with Gasteiger partial charge >= 0.3 is 6.03 Å². The molecule has 1 saturated carbocycles. The molecule has 5 nitrogen and oxygen atoms in total. The lowest BCUT2D eigenvalue weighted by atomic mass is 9.96. The molecular weight excluding hydrogens is 170 g/mol. The van der Waals surface area contributed by atoms with Crippen LogP contribution in [0.5, 0.6) is 0 Å². The highest BCUT2D eigenvalue weighted by molar-refractivity contribution is 6.07. The third-order valence-corrected chi connectivity index (χ3v) is 2.96. The molecule has 0 aromatic rings. The normalized spacial score (nSPS) is 38.1. The summed E-state index contributed by atoms with van der Waals surface area (Å²) in [5.74, 6) is 0.178. The maximum Gasteiger partial charge on any atom is 0.322 e. The van der Waals surface area contributed by atoms with Gasteiger partial charge in [-0.15, -0.1) is 0 Å². The number of nitrogens with one attached hydrogen (secondary N) is 2. The maximum absolute atomic E-state index is 11.4. The van der Waals surface area contributed by atoms with E-state index in [1.165, 1.54) is 0 Å². The Kier molecular flexibility index (Phi) is 1.76. The number of hydrogen-bond acceptors (Lipinski definition) is 3. The lowest BCUT2D eigenvalue weighted by molar-refractivity contribution is -0.123. The van der Waals surface area contributed by atoms with Gasteiger partial charge in [0.15, 0.2) is 0 Å². The van der Waals surface area contributed by atoms with E-state index in [4.69, 9.17) is 5.73 Å². The first-order valence-corrected chi connectivity index (χ1v) is 4.50. The summed E-state index contributed by atoms with van der Waals surface area (Å²) in [6.45, 7) is 0.588. The maximum atomic E-state index is 11.4. The quantitative estimate of drug-likeness (QED) is 0.471. The van der Waals surface area contributed by atoms with Gasteiger partial charge in [0.25, 0.3) is 5.91 Å². The summed E-state index contributed by atoms with van der Waals surface area (Å²) in [4.78, 5) is 22.4. The highest BCUT2D eigenvalue weighted by atomic mass is 16.2. The molecule has 4 N–H and O–H groups in total. The molecule has 1 spiro atoms. The standard InChI is InChI=1S/C8H13N3O2/c9-4-5-1-2-8(3-5)6(12)10-7(13)11-8/h5H,1-4,9H2,(H2,10,11,12,13). The van der Waals surface area contributed by atoms with Crippen LogP contribution in [0.4, 0.5) is 4.79 Å². The van der Waals surface area contributed by atoms with E-state index in [-0.39, 0.29) is 11.9 Å². The Labute approximate surface area is 76.0 Å². The van der Waals surface area contributed by atoms with E-state index in [0.29, 0.717) is 25.3 Å². The molecule has 72 valence electrons. The van der Waals surface area contributed by atoms with Crippen molar-refractivity contribution in [2.24, 2.45) is 11.7 Å². The predicted octanol–water partition coefficient (Wildman–Crippen LogP) is -0.677. The SMILES string of the molecule is NCC1CCC2(C1)NC(=O)NC2=O. The topological polar surface area (TPSA) is 84.2 Å². The molecule has 5 heteroatoms. The Bertz CT molecular complexity index is 266. The summed E-state index contributed by atoms with van der Waals surface area (Å²) in [5.41, 5.74) is 4.88. The molecule has 2 aliphatic rings. The Balaban J connectivity index is 2.14. The van der Waals surface area contributed by atoms with E-state index in [1.54, 1.807) is 0 Å². The van der Waals surface area contributed by atoms with Crippen LogP contribution in [0.2, 0.25) is 0 Å². The van der Waals surface area contributed by atoms with Gasteiger partial charge in [0.1, 0.15) is 5.54 Å². The van der Waals surface area contributed by atoms with Crippen LogP contribution in [-0.2, 0) is 4.79 Å². The monoisotopic (exact) mass is 183 g/mol. The van der Waals surface area contributed by atoms with Gasteiger partial charge in [-0.05, 0) is 31.7 Å². The number of carbonyl (C=O) groups excluding carboxylic acids is 2. The molecule has 1 aliphatic heterocycles. The summed E-state index contributed by atoms with van der Waals surface area (Å²) >= 11 is 0. The smallest absolute Gasteiger partial charge is 0.322 e. The second-order valence-electron chi connectivity index (χ2n) is 3.83. The molecule has 0 radical (unpaired) electrons. The molecule has 13 heavy (non-hydrogen) atoms. The van der Waals surface area contributed by atoms with Crippen LogP contribution >= 0.6 is 0 Å². The third kappa shape index (κ3) is 1.19. The zero-order valence-electron chi connectivity index (χ0n) is 7.30. The fraction of sp³-hybridized carbons (Fsp3) is 0.750. The van der Waals surface area contributed by atoms with Crippen LogP contribution < -0.4 is 16.4 Å². The molecule has 1 saturated heterocycles. The van der Waals surface area contributed by atoms with Crippen molar-refractivity contribution >= 4 is 11.9 Å². The first-order chi connectivity index (χ1) is 6.16. The van der Waals surface area contributed by atoms with Gasteiger partial charge in [-0.2, -0.15) is 0 Å². The minimum Gasteiger partial charge on any atom is -0.330 e. The number of urea groups is 1. The lowest BCUT2D eigenvalue weighted by Crippen LogP contribution is -2.44. The van der Waals surface area contributed by atoms with Crippen molar-refractivity contribution in [3.05, 3.63) is 0 Å². The van der Waals surface area contributed by atoms with Crippen molar-refractivity contribution in [1.82, 2.24) is 10.6 Å². The first-order valence-electron chi connectivity index (χ1n) is 4.50. The molecule has 2 atom stereocenters. The van der Waals surface area contributed by atoms with Gasteiger partial charge < -0.3 is 11.1 Å². The van der Waals surface area contributed by atoms with Crippen LogP contribution in [0.1, 0.15) is 19.3 Å². The Morgan fingerprint density at radius 3 is 2.77 bits per heavy atom. The molecule has 1 aliphatic carbocycles. The summed E-state index contributed by atoms with van der Waals surface area (Å²) in [6.07, 6.45) is 2.32. The molecule has 2 rings (SSSR count). The fourth-order valence-electron chi connectivity index (χ4n) is 2.20. The van der Waals surface area contributed by atoms with E-state index in [1.807, 2.05) is 0 Å². The van der Waals surface area contributed by atoms with Gasteiger partial charge in [0.2, 0.25) is 0 Å². The predicted molar refractivity (Wildman–Crippen MR) is 45.8 cm³/mol. The van der Waals surface area contributed by atoms with E-state index in [9.17, 15) is 9.59 Å². The number of imide groups is 1. The Morgan fingerprint density at radius 1 is 1.54 bits per heavy atom. The molecule has 0 aromatic carbocycles. The van der Waals surface area contributed by atoms with Crippen molar-refractivity contribution in [3.8, 4) is 0 Å². The van der Waals surface area contributed by atoms with Crippen molar-refractivity contribution in [1.29, 1.82) is 0 Å². The highest BCUT2D eigenvalue weighted by Crippen LogP contribution is 2.35. The average molecular weight is 183 g/mol. The van der Waals surface area contributed by atoms with Gasteiger partial charge in [0.05, 0.1) is 0 Å². The molecular formula is C8H13N3O2. The summed E-state index contributed by atoms with van der Waals surface area (Å²) < 4.78 is 0. The molecule has 1 heterocycles. The minimum absolute atomic E-state index is 0.187. The van der Waals surface area contributed by atoms with Crippen LogP contribution in [0.3, 0.4) is 0 Å². The second-order valence-corrected chi connectivity index (χ2v) is 3.83. The zero-order valence-corrected chi connectivity index (χ0v) is 7.30. The van der Waals surface area contributed by atoms with Crippen LogP contribution in [0.25, 0.3) is 0 Å². The number of hydrogen-bond donors (Lipinski definition) is 3. The fourth-order valence-corrected chi connectivity index (χ4v) is 2.20. The van der Waals surface area contributed by atoms with E-state index >= 15 is 0 Å². The summed E-state index contributed by atoms with van der Waals surface area (Å²) in [7, 11) is 0. The van der Waals surface area contributed by atoms with E-state index in [2.05, 4.69) is 10.6 Å². The summed E-state index contributed by atoms with van der Waals surface area (Å²) in [6, 6.07) is -0.373. The van der Waals surface area contributed by atoms with Crippen LogP contribution in [-0.4, -0.2) is 24.0 Å². The first kappa shape index (κ1) is 8.50. The molecule has 2 unspecified atom stereocenters. The third-order valence-electron chi connectivity index (χ3n) is 2.96. The second kappa shape index (κ2) is 2.70. The molecule has 0 bridgehead atoms. The molecule has 3 amide bonds. The van der Waals surface area contributed by atoms with Gasteiger partial charge in [0, 0.05) is 0 Å². The highest BCUT2D eigenvalue weighted by Gasteiger charge is 2.50. The number of amides is 3. The van der Waals surface area contributed by atoms with Crippen molar-refractivity contribution in [3.63, 3.8) is 0 Å². The van der Waals surface area contributed by atoms with Crippen molar-refractivity contribution in [2.75, 3.05) is 6.54 Å². The van der Waals surface area contributed by atoms with Crippen LogP contribution in [0.15, 0.2) is 0 Å². The van der Waals surface area contributed by atoms with E-state index in [0.717, 1.165) is 6.42 Å².